The van der Waals surface area contributed by atoms with E-state index in [1.165, 1.54) is 0 Å². The number of ether oxygens (including phenoxy) is 1. The molecule has 24 heavy (non-hydrogen) atoms. The van der Waals surface area contributed by atoms with Gasteiger partial charge in [-0.1, -0.05) is 35.3 Å². The van der Waals surface area contributed by atoms with E-state index in [1.807, 2.05) is 24.3 Å². The first-order valence-electron chi connectivity index (χ1n) is 7.54. The highest BCUT2D eigenvalue weighted by molar-refractivity contribution is 6.34. The maximum absolute atomic E-state index is 10.0. The molecule has 0 spiro atoms. The van der Waals surface area contributed by atoms with Gasteiger partial charge in [0.05, 0.1) is 6.26 Å². The molecule has 3 rings (SSSR count). The highest BCUT2D eigenvalue weighted by atomic mass is 35.5. The smallest absolute Gasteiger partial charge is 0.134 e. The largest absolute Gasteiger partial charge is 0.491 e. The Balaban J connectivity index is 1.47. The maximum Gasteiger partial charge on any atom is 0.134 e. The van der Waals surface area contributed by atoms with E-state index in [4.69, 9.17) is 32.4 Å². The van der Waals surface area contributed by atoms with Gasteiger partial charge in [-0.15, -0.1) is 0 Å². The molecule has 0 saturated carbocycles. The summed E-state index contributed by atoms with van der Waals surface area (Å²) < 4.78 is 10.9. The predicted molar refractivity (Wildman–Crippen MR) is 95.9 cm³/mol. The van der Waals surface area contributed by atoms with E-state index in [9.17, 15) is 5.11 Å². The van der Waals surface area contributed by atoms with Crippen LogP contribution in [-0.4, -0.2) is 24.4 Å². The molecule has 0 aliphatic carbocycles. The summed E-state index contributed by atoms with van der Waals surface area (Å²) in [7, 11) is 0. The predicted octanol–water partition coefficient (Wildman–Crippen LogP) is 4.27. The Kier molecular flexibility index (Phi) is 5.63. The van der Waals surface area contributed by atoms with Crippen LogP contribution in [0.1, 0.15) is 5.56 Å². The molecule has 2 aromatic carbocycles. The molecule has 0 aliphatic heterocycles. The molecule has 3 aromatic rings. The van der Waals surface area contributed by atoms with E-state index in [-0.39, 0.29) is 6.61 Å². The molecule has 1 atom stereocenters. The van der Waals surface area contributed by atoms with Crippen LogP contribution in [-0.2, 0) is 6.54 Å². The van der Waals surface area contributed by atoms with Crippen molar-refractivity contribution in [3.8, 4) is 5.75 Å². The average molecular weight is 366 g/mol. The number of furan rings is 1. The van der Waals surface area contributed by atoms with Gasteiger partial charge < -0.3 is 19.6 Å². The van der Waals surface area contributed by atoms with Gasteiger partial charge in [0, 0.05) is 28.5 Å². The molecule has 126 valence electrons. The van der Waals surface area contributed by atoms with E-state index in [2.05, 4.69) is 5.32 Å². The van der Waals surface area contributed by atoms with Crippen LogP contribution >= 0.6 is 23.2 Å². The van der Waals surface area contributed by atoms with Crippen molar-refractivity contribution in [1.82, 2.24) is 5.32 Å². The van der Waals surface area contributed by atoms with Gasteiger partial charge in [0.2, 0.25) is 0 Å². The number of aliphatic hydroxyl groups excluding tert-OH is 1. The van der Waals surface area contributed by atoms with Gasteiger partial charge in [-0.3, -0.25) is 0 Å². The van der Waals surface area contributed by atoms with E-state index in [0.29, 0.717) is 28.9 Å². The number of benzene rings is 2. The minimum absolute atomic E-state index is 0.152. The van der Waals surface area contributed by atoms with Crippen molar-refractivity contribution < 1.29 is 14.3 Å². The third kappa shape index (κ3) is 4.42. The van der Waals surface area contributed by atoms with E-state index < -0.39 is 6.10 Å². The second-order valence-electron chi connectivity index (χ2n) is 5.45. The molecular weight excluding hydrogens is 349 g/mol. The molecular formula is C18H17Cl2NO3. The number of nitrogens with one attached hydrogen (secondary N) is 1. The minimum Gasteiger partial charge on any atom is -0.491 e. The van der Waals surface area contributed by atoms with Crippen LogP contribution in [0.25, 0.3) is 11.0 Å². The monoisotopic (exact) mass is 365 g/mol. The maximum atomic E-state index is 10.0. The number of fused-ring (bicyclic) bond motifs is 1. The fourth-order valence-electron chi connectivity index (χ4n) is 2.45. The number of rotatable bonds is 7. The average Bonchev–Trinajstić information content (AvgIpc) is 3.01. The second-order valence-corrected chi connectivity index (χ2v) is 6.32. The van der Waals surface area contributed by atoms with Crippen LogP contribution < -0.4 is 10.1 Å². The lowest BCUT2D eigenvalue weighted by Gasteiger charge is -2.14. The molecule has 2 N–H and O–H groups in total. The molecule has 4 nitrogen and oxygen atoms in total. The van der Waals surface area contributed by atoms with Gasteiger partial charge in [0.1, 0.15) is 24.0 Å². The van der Waals surface area contributed by atoms with Crippen LogP contribution in [0.3, 0.4) is 0 Å². The molecule has 6 heteroatoms. The van der Waals surface area contributed by atoms with Crippen LogP contribution in [0.4, 0.5) is 0 Å². The first-order valence-corrected chi connectivity index (χ1v) is 8.30. The zero-order valence-corrected chi connectivity index (χ0v) is 14.3. The number of aliphatic hydroxyl groups is 1. The lowest BCUT2D eigenvalue weighted by molar-refractivity contribution is 0.106. The lowest BCUT2D eigenvalue weighted by atomic mass is 10.1. The first kappa shape index (κ1) is 17.1. The van der Waals surface area contributed by atoms with Gasteiger partial charge in [0.15, 0.2) is 0 Å². The van der Waals surface area contributed by atoms with E-state index in [1.54, 1.807) is 24.5 Å². The summed E-state index contributed by atoms with van der Waals surface area (Å²) in [5, 5.41) is 15.3. The highest BCUT2D eigenvalue weighted by Crippen LogP contribution is 2.24. The Morgan fingerprint density at radius 2 is 1.92 bits per heavy atom. The molecule has 1 unspecified atom stereocenters. The van der Waals surface area contributed by atoms with Gasteiger partial charge in [0.25, 0.3) is 0 Å². The Labute approximate surface area is 149 Å². The summed E-state index contributed by atoms with van der Waals surface area (Å²) in [6.07, 6.45) is 1.03. The number of hydrogen-bond acceptors (Lipinski definition) is 4. The standard InChI is InChI=1S/C18H17Cl2NO3/c19-13-6-14(20)8-16(7-13)24-11-15(22)10-21-9-12-2-1-3-18-17(12)4-5-23-18/h1-8,15,21-22H,9-11H2. The van der Waals surface area contributed by atoms with E-state index in [0.717, 1.165) is 16.5 Å². The summed E-state index contributed by atoms with van der Waals surface area (Å²) in [6, 6.07) is 12.8. The number of hydrogen-bond donors (Lipinski definition) is 2. The Morgan fingerprint density at radius 1 is 1.12 bits per heavy atom. The summed E-state index contributed by atoms with van der Waals surface area (Å²) in [4.78, 5) is 0. The van der Waals surface area contributed by atoms with E-state index >= 15 is 0 Å². The molecule has 1 aromatic heterocycles. The number of halogens is 2. The zero-order chi connectivity index (χ0) is 16.9. The van der Waals surface area contributed by atoms with Gasteiger partial charge in [-0.25, -0.2) is 0 Å². The van der Waals surface area contributed by atoms with Crippen molar-refractivity contribution in [3.63, 3.8) is 0 Å². The minimum atomic E-state index is -0.647. The summed E-state index contributed by atoms with van der Waals surface area (Å²) in [5.74, 6) is 0.537. The van der Waals surface area contributed by atoms with Crippen LogP contribution in [0.5, 0.6) is 5.75 Å². The molecule has 0 bridgehead atoms. The van der Waals surface area contributed by atoms with Gasteiger partial charge in [-0.05, 0) is 35.9 Å². The van der Waals surface area contributed by atoms with Crippen molar-refractivity contribution in [2.24, 2.45) is 0 Å². The highest BCUT2D eigenvalue weighted by Gasteiger charge is 2.08. The van der Waals surface area contributed by atoms with Crippen molar-refractivity contribution in [3.05, 3.63) is 64.3 Å². The van der Waals surface area contributed by atoms with Crippen molar-refractivity contribution in [2.45, 2.75) is 12.6 Å². The topological polar surface area (TPSA) is 54.6 Å². The van der Waals surface area contributed by atoms with Gasteiger partial charge in [-0.2, -0.15) is 0 Å². The Bertz CT molecular complexity index is 799. The molecule has 0 radical (unpaired) electrons. The lowest BCUT2D eigenvalue weighted by Crippen LogP contribution is -2.31. The SMILES string of the molecule is OC(CNCc1cccc2occc12)COc1cc(Cl)cc(Cl)c1. The van der Waals surface area contributed by atoms with Gasteiger partial charge >= 0.3 is 0 Å². The normalized spacial score (nSPS) is 12.5. The van der Waals surface area contributed by atoms with Crippen LogP contribution in [0.2, 0.25) is 10.0 Å². The first-order chi connectivity index (χ1) is 11.6. The second kappa shape index (κ2) is 7.90. The fraction of sp³-hybridized carbons (Fsp3) is 0.222. The molecule has 1 heterocycles. The van der Waals surface area contributed by atoms with Crippen molar-refractivity contribution >= 4 is 34.2 Å². The van der Waals surface area contributed by atoms with Crippen molar-refractivity contribution in [1.29, 1.82) is 0 Å². The Hall–Kier alpha value is -1.72. The molecule has 0 fully saturated rings. The van der Waals surface area contributed by atoms with Crippen molar-refractivity contribution in [2.75, 3.05) is 13.2 Å². The van der Waals surface area contributed by atoms with Crippen LogP contribution in [0.15, 0.2) is 53.1 Å². The molecule has 0 aliphatic rings. The quantitative estimate of drug-likeness (QED) is 0.656. The molecule has 0 saturated heterocycles. The zero-order valence-electron chi connectivity index (χ0n) is 12.8. The molecule has 0 amide bonds. The van der Waals surface area contributed by atoms with Crippen LogP contribution in [0, 0.1) is 0 Å². The fourth-order valence-corrected chi connectivity index (χ4v) is 2.95. The Morgan fingerprint density at radius 3 is 2.71 bits per heavy atom. The summed E-state index contributed by atoms with van der Waals surface area (Å²) in [5.41, 5.74) is 1.98. The third-order valence-corrected chi connectivity index (χ3v) is 4.00. The summed E-state index contributed by atoms with van der Waals surface area (Å²) in [6.45, 7) is 1.19. The summed E-state index contributed by atoms with van der Waals surface area (Å²) >= 11 is 11.8. The third-order valence-electron chi connectivity index (χ3n) is 3.56.